The first-order valence-electron chi connectivity index (χ1n) is 5.97. The Kier molecular flexibility index (Phi) is 4.43. The van der Waals surface area contributed by atoms with Gasteiger partial charge in [-0.1, -0.05) is 6.07 Å². The van der Waals surface area contributed by atoms with Crippen LogP contribution in [0.2, 0.25) is 0 Å². The van der Waals surface area contributed by atoms with Crippen molar-refractivity contribution in [3.8, 4) is 6.07 Å². The third-order valence-electron chi connectivity index (χ3n) is 2.85. The Labute approximate surface area is 124 Å². The van der Waals surface area contributed by atoms with E-state index in [2.05, 4.69) is 11.4 Å². The van der Waals surface area contributed by atoms with Gasteiger partial charge in [0.15, 0.2) is 0 Å². The summed E-state index contributed by atoms with van der Waals surface area (Å²) in [4.78, 5) is 0.814. The number of rotatable bonds is 3. The number of anilines is 2. The maximum absolute atomic E-state index is 12.5. The first-order chi connectivity index (χ1) is 9.95. The molecule has 0 bridgehead atoms. The highest BCUT2D eigenvalue weighted by Crippen LogP contribution is 2.32. The Morgan fingerprint density at radius 1 is 1.10 bits per heavy atom. The number of nitriles is 1. The number of hydrogen-bond acceptors (Lipinski definition) is 3. The lowest BCUT2D eigenvalue weighted by Crippen LogP contribution is -2.04. The molecule has 21 heavy (non-hydrogen) atoms. The topological polar surface area (TPSA) is 35.8 Å². The number of halogens is 3. The van der Waals surface area contributed by atoms with E-state index in [4.69, 9.17) is 0 Å². The lowest BCUT2D eigenvalue weighted by molar-refractivity contribution is -0.137. The van der Waals surface area contributed by atoms with Crippen LogP contribution >= 0.6 is 11.8 Å². The molecule has 2 rings (SSSR count). The van der Waals surface area contributed by atoms with E-state index in [0.717, 1.165) is 17.0 Å². The van der Waals surface area contributed by atoms with E-state index in [-0.39, 0.29) is 0 Å². The molecular formula is C15H11F3N2S. The van der Waals surface area contributed by atoms with Gasteiger partial charge >= 0.3 is 6.18 Å². The average Bonchev–Trinajstić information content (AvgIpc) is 2.46. The highest BCUT2D eigenvalue weighted by atomic mass is 32.2. The minimum Gasteiger partial charge on any atom is -0.354 e. The number of nitrogens with one attached hydrogen (secondary N) is 1. The van der Waals surface area contributed by atoms with Crippen LogP contribution < -0.4 is 5.32 Å². The minimum atomic E-state index is -4.35. The van der Waals surface area contributed by atoms with Crippen LogP contribution in [-0.2, 0) is 6.18 Å². The summed E-state index contributed by atoms with van der Waals surface area (Å²) in [5.74, 6) is 0. The molecular weight excluding hydrogens is 297 g/mol. The van der Waals surface area contributed by atoms with Gasteiger partial charge in [0, 0.05) is 10.6 Å². The summed E-state index contributed by atoms with van der Waals surface area (Å²) in [5, 5.41) is 12.2. The van der Waals surface area contributed by atoms with Gasteiger partial charge in [0.2, 0.25) is 0 Å². The van der Waals surface area contributed by atoms with Crippen LogP contribution in [0.25, 0.3) is 0 Å². The van der Waals surface area contributed by atoms with Crippen molar-refractivity contribution in [2.24, 2.45) is 0 Å². The van der Waals surface area contributed by atoms with Crippen molar-refractivity contribution in [3.05, 3.63) is 53.6 Å². The third kappa shape index (κ3) is 3.50. The van der Waals surface area contributed by atoms with Crippen molar-refractivity contribution in [1.29, 1.82) is 5.26 Å². The first-order valence-corrected chi connectivity index (χ1v) is 7.19. The van der Waals surface area contributed by atoms with Gasteiger partial charge in [-0.05, 0) is 42.7 Å². The summed E-state index contributed by atoms with van der Waals surface area (Å²) in [7, 11) is 0. The molecule has 0 radical (unpaired) electrons. The maximum Gasteiger partial charge on any atom is 0.416 e. The predicted octanol–water partition coefficient (Wildman–Crippen LogP) is 5.04. The van der Waals surface area contributed by atoms with Crippen molar-refractivity contribution < 1.29 is 13.2 Å². The van der Waals surface area contributed by atoms with E-state index in [0.29, 0.717) is 16.9 Å². The molecule has 0 aromatic heterocycles. The average molecular weight is 308 g/mol. The van der Waals surface area contributed by atoms with E-state index in [1.54, 1.807) is 12.1 Å². The molecule has 0 aliphatic heterocycles. The molecule has 0 atom stereocenters. The van der Waals surface area contributed by atoms with Crippen molar-refractivity contribution in [1.82, 2.24) is 0 Å². The summed E-state index contributed by atoms with van der Waals surface area (Å²) in [6.07, 6.45) is -2.49. The van der Waals surface area contributed by atoms with Gasteiger partial charge in [-0.25, -0.2) is 0 Å². The molecule has 2 aromatic carbocycles. The van der Waals surface area contributed by atoms with Gasteiger partial charge in [-0.3, -0.25) is 0 Å². The molecule has 2 nitrogen and oxygen atoms in total. The van der Waals surface area contributed by atoms with E-state index in [9.17, 15) is 18.4 Å². The Bertz CT molecular complexity index is 673. The standard InChI is InChI=1S/C15H11F3N2S/c1-21-14-4-2-3-13(12(14)9-19)20-11-7-5-10(6-8-11)15(16,17)18/h2-8,20H,1H3. The van der Waals surface area contributed by atoms with E-state index >= 15 is 0 Å². The van der Waals surface area contributed by atoms with Crippen LogP contribution in [-0.4, -0.2) is 6.26 Å². The second-order valence-electron chi connectivity index (χ2n) is 4.19. The maximum atomic E-state index is 12.5. The highest BCUT2D eigenvalue weighted by Gasteiger charge is 2.29. The van der Waals surface area contributed by atoms with Gasteiger partial charge < -0.3 is 5.32 Å². The lowest BCUT2D eigenvalue weighted by Gasteiger charge is -2.12. The molecule has 0 spiro atoms. The molecule has 6 heteroatoms. The first kappa shape index (κ1) is 15.3. The van der Waals surface area contributed by atoms with Crippen LogP contribution in [0.4, 0.5) is 24.5 Å². The lowest BCUT2D eigenvalue weighted by atomic mass is 10.1. The van der Waals surface area contributed by atoms with E-state index in [1.807, 2.05) is 12.3 Å². The summed E-state index contributed by atoms with van der Waals surface area (Å²) in [6, 6.07) is 12.1. The normalized spacial score (nSPS) is 11.0. The second kappa shape index (κ2) is 6.10. The quantitative estimate of drug-likeness (QED) is 0.807. The monoisotopic (exact) mass is 308 g/mol. The second-order valence-corrected chi connectivity index (χ2v) is 5.04. The molecule has 0 heterocycles. The zero-order valence-electron chi connectivity index (χ0n) is 11.0. The molecule has 0 aliphatic carbocycles. The minimum absolute atomic E-state index is 0.477. The fourth-order valence-electron chi connectivity index (χ4n) is 1.82. The molecule has 0 unspecified atom stereocenters. The van der Waals surface area contributed by atoms with Crippen LogP contribution in [0.1, 0.15) is 11.1 Å². The van der Waals surface area contributed by atoms with Crippen LogP contribution in [0, 0.1) is 11.3 Å². The Balaban J connectivity index is 2.29. The molecule has 1 N–H and O–H groups in total. The Morgan fingerprint density at radius 3 is 2.29 bits per heavy atom. The molecule has 0 aliphatic rings. The van der Waals surface area contributed by atoms with Crippen molar-refractivity contribution in [3.63, 3.8) is 0 Å². The molecule has 0 saturated heterocycles. The summed E-state index contributed by atoms with van der Waals surface area (Å²) in [6.45, 7) is 0. The summed E-state index contributed by atoms with van der Waals surface area (Å²) < 4.78 is 37.5. The van der Waals surface area contributed by atoms with Gasteiger partial charge in [0.1, 0.15) is 6.07 Å². The number of alkyl halides is 3. The molecule has 108 valence electrons. The van der Waals surface area contributed by atoms with Gasteiger partial charge in [-0.2, -0.15) is 18.4 Å². The largest absolute Gasteiger partial charge is 0.416 e. The third-order valence-corrected chi connectivity index (χ3v) is 3.63. The Morgan fingerprint density at radius 2 is 1.76 bits per heavy atom. The van der Waals surface area contributed by atoms with Gasteiger partial charge in [0.05, 0.1) is 16.8 Å². The van der Waals surface area contributed by atoms with Crippen molar-refractivity contribution in [2.75, 3.05) is 11.6 Å². The fourth-order valence-corrected chi connectivity index (χ4v) is 2.39. The molecule has 0 fully saturated rings. The van der Waals surface area contributed by atoms with E-state index in [1.165, 1.54) is 23.9 Å². The molecule has 0 amide bonds. The van der Waals surface area contributed by atoms with E-state index < -0.39 is 11.7 Å². The number of benzene rings is 2. The summed E-state index contributed by atoms with van der Waals surface area (Å²) in [5.41, 5.74) is 0.846. The van der Waals surface area contributed by atoms with Crippen LogP contribution in [0.15, 0.2) is 47.4 Å². The predicted molar refractivity (Wildman–Crippen MR) is 77.7 cm³/mol. The van der Waals surface area contributed by atoms with Gasteiger partial charge in [-0.15, -0.1) is 11.8 Å². The fraction of sp³-hybridized carbons (Fsp3) is 0.133. The van der Waals surface area contributed by atoms with Crippen LogP contribution in [0.3, 0.4) is 0 Å². The zero-order chi connectivity index (χ0) is 15.5. The molecule has 2 aromatic rings. The number of hydrogen-bond donors (Lipinski definition) is 1. The SMILES string of the molecule is CSc1cccc(Nc2ccc(C(F)(F)F)cc2)c1C#N. The molecule has 0 saturated carbocycles. The number of nitrogens with zero attached hydrogens (tertiary/aromatic N) is 1. The Hall–Kier alpha value is -2.13. The zero-order valence-corrected chi connectivity index (χ0v) is 11.8. The summed E-state index contributed by atoms with van der Waals surface area (Å²) >= 11 is 1.44. The smallest absolute Gasteiger partial charge is 0.354 e. The van der Waals surface area contributed by atoms with Crippen molar-refractivity contribution in [2.45, 2.75) is 11.1 Å². The van der Waals surface area contributed by atoms with Crippen molar-refractivity contribution >= 4 is 23.1 Å². The van der Waals surface area contributed by atoms with Crippen LogP contribution in [0.5, 0.6) is 0 Å². The number of thioether (sulfide) groups is 1. The highest BCUT2D eigenvalue weighted by molar-refractivity contribution is 7.98. The van der Waals surface area contributed by atoms with Gasteiger partial charge in [0.25, 0.3) is 0 Å².